The van der Waals surface area contributed by atoms with Crippen molar-refractivity contribution in [3.8, 4) is 0 Å². The third-order valence-electron chi connectivity index (χ3n) is 8.52. The average Bonchev–Trinajstić information content (AvgIpc) is 2.82. The van der Waals surface area contributed by atoms with E-state index in [0.717, 1.165) is 12.0 Å². The first-order valence-corrected chi connectivity index (χ1v) is 9.67. The van der Waals surface area contributed by atoms with Crippen LogP contribution in [0.2, 0.25) is 0 Å². The van der Waals surface area contributed by atoms with Crippen molar-refractivity contribution in [2.75, 3.05) is 0 Å². The van der Waals surface area contributed by atoms with Crippen molar-refractivity contribution < 1.29 is 23.1 Å². The summed E-state index contributed by atoms with van der Waals surface area (Å²) in [7, 11) is 0. The third-order valence-corrected chi connectivity index (χ3v) is 8.52. The van der Waals surface area contributed by atoms with Gasteiger partial charge in [0.05, 0.1) is 0 Å². The smallest absolute Gasteiger partial charge is 0.380 e. The number of hydrogen-bond donors (Lipinski definition) is 1. The molecule has 0 aromatic carbocycles. The Bertz CT molecular complexity index is 709. The van der Waals surface area contributed by atoms with E-state index in [1.807, 2.05) is 6.08 Å². The molecule has 4 aliphatic carbocycles. The molecule has 26 heavy (non-hydrogen) atoms. The maximum atomic E-state index is 13.8. The molecule has 3 fully saturated rings. The fourth-order valence-electron chi connectivity index (χ4n) is 7.03. The molecule has 2 nitrogen and oxygen atoms in total. The van der Waals surface area contributed by atoms with Crippen LogP contribution in [0.4, 0.5) is 13.2 Å². The van der Waals surface area contributed by atoms with Gasteiger partial charge in [0.1, 0.15) is 0 Å². The summed E-state index contributed by atoms with van der Waals surface area (Å²) < 4.78 is 41.3. The van der Waals surface area contributed by atoms with Gasteiger partial charge in [0, 0.05) is 10.8 Å². The van der Waals surface area contributed by atoms with Gasteiger partial charge in [-0.3, -0.25) is 4.79 Å². The highest BCUT2D eigenvalue weighted by molar-refractivity contribution is 6.01. The van der Waals surface area contributed by atoms with Gasteiger partial charge in [-0.1, -0.05) is 32.4 Å². The number of aliphatic hydroxyl groups is 1. The fraction of sp³-hybridized carbons (Fsp3) is 0.762. The molecule has 3 saturated carbocycles. The van der Waals surface area contributed by atoms with Crippen LogP contribution in [0.15, 0.2) is 23.8 Å². The van der Waals surface area contributed by atoms with E-state index in [-0.39, 0.29) is 41.3 Å². The maximum absolute atomic E-state index is 13.8. The Labute approximate surface area is 152 Å². The van der Waals surface area contributed by atoms with Gasteiger partial charge in [-0.05, 0) is 67.9 Å². The molecule has 3 unspecified atom stereocenters. The molecule has 4 rings (SSSR count). The zero-order chi connectivity index (χ0) is 19.1. The minimum atomic E-state index is -4.59. The standard InChI is InChI=1S/C21H27F3O2/c1-12-10-13-11-14(25)4-7-18(13,2)15-5-8-19(3)16(17(12)15)6-9-20(19,26)21(22,23)24/h4,7,11-12,15-17,26H,5-6,8-10H2,1-3H3/t12-,15?,16?,17?,18-,19-,20+/m0/s1. The number of rotatable bonds is 0. The van der Waals surface area contributed by atoms with Crippen LogP contribution in [-0.2, 0) is 4.79 Å². The molecule has 7 atom stereocenters. The summed E-state index contributed by atoms with van der Waals surface area (Å²) in [5.41, 5.74) is -2.81. The number of halogens is 3. The van der Waals surface area contributed by atoms with Crippen molar-refractivity contribution in [1.82, 2.24) is 0 Å². The molecule has 144 valence electrons. The third kappa shape index (κ3) is 2.07. The van der Waals surface area contributed by atoms with E-state index >= 15 is 0 Å². The Kier molecular flexibility index (Phi) is 3.68. The molecular formula is C21H27F3O2. The molecule has 0 radical (unpaired) electrons. The normalized spacial score (nSPS) is 50.7. The summed E-state index contributed by atoms with van der Waals surface area (Å²) in [4.78, 5) is 11.8. The second kappa shape index (κ2) is 5.24. The van der Waals surface area contributed by atoms with Crippen LogP contribution in [0.25, 0.3) is 0 Å². The Balaban J connectivity index is 1.75. The number of carbonyl (C=O) groups is 1. The van der Waals surface area contributed by atoms with E-state index in [1.165, 1.54) is 0 Å². The minimum absolute atomic E-state index is 0.0103. The number of ketones is 1. The summed E-state index contributed by atoms with van der Waals surface area (Å²) in [6.07, 6.45) is 2.78. The summed E-state index contributed by atoms with van der Waals surface area (Å²) in [6, 6.07) is 0. The van der Waals surface area contributed by atoms with Gasteiger partial charge in [0.2, 0.25) is 0 Å². The number of allylic oxidation sites excluding steroid dienone is 4. The second-order valence-electron chi connectivity index (χ2n) is 9.51. The van der Waals surface area contributed by atoms with E-state index in [0.29, 0.717) is 19.3 Å². The van der Waals surface area contributed by atoms with E-state index < -0.39 is 17.2 Å². The lowest BCUT2D eigenvalue weighted by atomic mass is 9.45. The van der Waals surface area contributed by atoms with Crippen LogP contribution in [0.5, 0.6) is 0 Å². The summed E-state index contributed by atoms with van der Waals surface area (Å²) in [5.74, 6) is 0.475. The lowest BCUT2D eigenvalue weighted by Gasteiger charge is -2.60. The fourth-order valence-corrected chi connectivity index (χ4v) is 7.03. The van der Waals surface area contributed by atoms with Gasteiger partial charge in [0.25, 0.3) is 0 Å². The number of fused-ring (bicyclic) bond motifs is 5. The number of carbonyl (C=O) groups excluding carboxylic acids is 1. The van der Waals surface area contributed by atoms with E-state index in [9.17, 15) is 23.1 Å². The molecule has 0 heterocycles. The first-order valence-electron chi connectivity index (χ1n) is 9.67. The summed E-state index contributed by atoms with van der Waals surface area (Å²) >= 11 is 0. The average molecular weight is 368 g/mol. The summed E-state index contributed by atoms with van der Waals surface area (Å²) in [5, 5.41) is 10.7. The molecule has 0 aromatic rings. The topological polar surface area (TPSA) is 37.3 Å². The van der Waals surface area contributed by atoms with Gasteiger partial charge < -0.3 is 5.11 Å². The number of hydrogen-bond acceptors (Lipinski definition) is 2. The van der Waals surface area contributed by atoms with Crippen LogP contribution in [0.3, 0.4) is 0 Å². The Morgan fingerprint density at radius 2 is 1.81 bits per heavy atom. The minimum Gasteiger partial charge on any atom is -0.380 e. The lowest BCUT2D eigenvalue weighted by molar-refractivity contribution is -0.303. The summed E-state index contributed by atoms with van der Waals surface area (Å²) in [6.45, 7) is 5.91. The largest absolute Gasteiger partial charge is 0.417 e. The highest BCUT2D eigenvalue weighted by Gasteiger charge is 2.72. The predicted octanol–water partition coefficient (Wildman–Crippen LogP) is 4.83. The molecule has 0 saturated heterocycles. The van der Waals surface area contributed by atoms with Crippen molar-refractivity contribution in [1.29, 1.82) is 0 Å². The Morgan fingerprint density at radius 3 is 2.46 bits per heavy atom. The van der Waals surface area contributed by atoms with Crippen molar-refractivity contribution >= 4 is 5.78 Å². The van der Waals surface area contributed by atoms with Gasteiger partial charge >= 0.3 is 6.18 Å². The molecular weight excluding hydrogens is 341 g/mol. The first-order chi connectivity index (χ1) is 11.9. The monoisotopic (exact) mass is 368 g/mol. The van der Waals surface area contributed by atoms with Crippen LogP contribution in [0, 0.1) is 34.5 Å². The second-order valence-corrected chi connectivity index (χ2v) is 9.51. The van der Waals surface area contributed by atoms with Gasteiger partial charge in [-0.15, -0.1) is 0 Å². The van der Waals surface area contributed by atoms with Crippen LogP contribution >= 0.6 is 0 Å². The number of alkyl halides is 3. The molecule has 5 heteroatoms. The molecule has 4 aliphatic rings. The van der Waals surface area contributed by atoms with Crippen molar-refractivity contribution in [2.45, 2.75) is 64.7 Å². The molecule has 0 aromatic heterocycles. The predicted molar refractivity (Wildman–Crippen MR) is 92.2 cm³/mol. The molecule has 0 amide bonds. The zero-order valence-corrected chi connectivity index (χ0v) is 15.6. The van der Waals surface area contributed by atoms with Gasteiger partial charge in [-0.2, -0.15) is 13.2 Å². The van der Waals surface area contributed by atoms with Crippen molar-refractivity contribution in [3.63, 3.8) is 0 Å². The highest BCUT2D eigenvalue weighted by atomic mass is 19.4. The van der Waals surface area contributed by atoms with Crippen LogP contribution in [0.1, 0.15) is 52.9 Å². The molecule has 0 spiro atoms. The first kappa shape index (κ1) is 18.3. The maximum Gasteiger partial charge on any atom is 0.417 e. The molecule has 0 aliphatic heterocycles. The highest BCUT2D eigenvalue weighted by Crippen LogP contribution is 2.70. The van der Waals surface area contributed by atoms with Crippen molar-refractivity contribution in [2.24, 2.45) is 34.5 Å². The van der Waals surface area contributed by atoms with E-state index in [4.69, 9.17) is 0 Å². The SMILES string of the molecule is C[C@H]1CC2=CC(=O)C=C[C@]2(C)C2CC[C@@]3(C)C(CC[C@]3(O)C(F)(F)F)C21. The lowest BCUT2D eigenvalue weighted by Crippen LogP contribution is -2.60. The zero-order valence-electron chi connectivity index (χ0n) is 15.6. The molecule has 1 N–H and O–H groups in total. The molecule has 0 bridgehead atoms. The van der Waals surface area contributed by atoms with Gasteiger partial charge in [0.15, 0.2) is 11.4 Å². The Morgan fingerprint density at radius 1 is 1.15 bits per heavy atom. The van der Waals surface area contributed by atoms with E-state index in [2.05, 4.69) is 13.8 Å². The van der Waals surface area contributed by atoms with Crippen LogP contribution in [-0.4, -0.2) is 22.7 Å². The van der Waals surface area contributed by atoms with Crippen LogP contribution < -0.4 is 0 Å². The van der Waals surface area contributed by atoms with E-state index in [1.54, 1.807) is 19.1 Å². The Hall–Kier alpha value is -1.10. The van der Waals surface area contributed by atoms with Gasteiger partial charge in [-0.25, -0.2) is 0 Å². The quantitative estimate of drug-likeness (QED) is 0.665. The van der Waals surface area contributed by atoms with Crippen molar-refractivity contribution in [3.05, 3.63) is 23.8 Å².